The van der Waals surface area contributed by atoms with E-state index in [0.29, 0.717) is 41.0 Å². The van der Waals surface area contributed by atoms with Gasteiger partial charge in [-0.05, 0) is 32.0 Å². The van der Waals surface area contributed by atoms with Crippen molar-refractivity contribution in [3.8, 4) is 22.2 Å². The fourth-order valence-electron chi connectivity index (χ4n) is 3.60. The topological polar surface area (TPSA) is 131 Å². The first-order chi connectivity index (χ1) is 17.4. The molecule has 3 aromatic heterocycles. The second-order valence-electron chi connectivity index (χ2n) is 8.32. The summed E-state index contributed by atoms with van der Waals surface area (Å²) in [6.45, 7) is 4.18. The zero-order valence-corrected chi connectivity index (χ0v) is 21.3. The summed E-state index contributed by atoms with van der Waals surface area (Å²) in [5.74, 6) is -1.54. The highest BCUT2D eigenvalue weighted by Crippen LogP contribution is 2.38. The second-order valence-corrected chi connectivity index (χ2v) is 11.2. The van der Waals surface area contributed by atoms with Gasteiger partial charge in [0.15, 0.2) is 11.5 Å². The Balaban J connectivity index is 1.52. The molecule has 0 spiro atoms. The minimum absolute atomic E-state index is 0.168. The van der Waals surface area contributed by atoms with Crippen LogP contribution in [0.2, 0.25) is 0 Å². The van der Waals surface area contributed by atoms with Gasteiger partial charge in [-0.3, -0.25) is 4.72 Å². The maximum absolute atomic E-state index is 13.7. The molecule has 3 aromatic rings. The predicted molar refractivity (Wildman–Crippen MR) is 130 cm³/mol. The van der Waals surface area contributed by atoms with Crippen LogP contribution in [0.25, 0.3) is 10.6 Å². The van der Waals surface area contributed by atoms with Crippen LogP contribution in [0.1, 0.15) is 17.1 Å². The summed E-state index contributed by atoms with van der Waals surface area (Å²) in [5, 5.41) is 6.81. The fourth-order valence-corrected chi connectivity index (χ4v) is 5.36. The first-order valence-electron chi connectivity index (χ1n) is 11.0. The molecule has 0 aromatic carbocycles. The van der Waals surface area contributed by atoms with Gasteiger partial charge in [0.05, 0.1) is 16.4 Å². The van der Waals surface area contributed by atoms with Crippen molar-refractivity contribution in [3.05, 3.63) is 35.1 Å². The maximum atomic E-state index is 13.7. The molecule has 1 aliphatic rings. The Morgan fingerprint density at radius 1 is 1.16 bits per heavy atom. The molecule has 0 bridgehead atoms. The van der Waals surface area contributed by atoms with Crippen molar-refractivity contribution in [3.63, 3.8) is 0 Å². The highest BCUT2D eigenvalue weighted by atomic mass is 32.2. The van der Waals surface area contributed by atoms with Crippen LogP contribution in [-0.2, 0) is 10.0 Å². The molecule has 3 N–H and O–H groups in total. The zero-order valence-electron chi connectivity index (χ0n) is 19.6. The lowest BCUT2D eigenvalue weighted by atomic mass is 10.1. The van der Waals surface area contributed by atoms with Gasteiger partial charge in [0.1, 0.15) is 16.9 Å². The summed E-state index contributed by atoms with van der Waals surface area (Å²) in [7, 11) is -4.67. The van der Waals surface area contributed by atoms with E-state index in [4.69, 9.17) is 4.74 Å². The third-order valence-corrected chi connectivity index (χ3v) is 7.28. The number of nitrogens with zero attached hydrogens (tertiary/aromatic N) is 4. The number of pyridine rings is 1. The van der Waals surface area contributed by atoms with E-state index in [1.54, 1.807) is 19.2 Å². The number of nitrogens with one attached hydrogen (secondary N) is 3. The van der Waals surface area contributed by atoms with E-state index in [2.05, 4.69) is 30.6 Å². The third kappa shape index (κ3) is 7.45. The first kappa shape index (κ1) is 26.9. The van der Waals surface area contributed by atoms with Gasteiger partial charge in [-0.1, -0.05) is 0 Å². The van der Waals surface area contributed by atoms with E-state index in [9.17, 15) is 26.0 Å². The van der Waals surface area contributed by atoms with Crippen LogP contribution in [-0.4, -0.2) is 65.6 Å². The molecule has 200 valence electrons. The van der Waals surface area contributed by atoms with Gasteiger partial charge in [0, 0.05) is 31.7 Å². The summed E-state index contributed by atoms with van der Waals surface area (Å²) >= 11 is 1.32. The molecular weight excluding hydrogens is 538 g/mol. The Kier molecular flexibility index (Phi) is 7.80. The normalized spacial score (nSPS) is 18.4. The Morgan fingerprint density at radius 2 is 1.95 bits per heavy atom. The molecule has 2 atom stereocenters. The molecule has 4 rings (SSSR count). The minimum Gasteiger partial charge on any atom is -0.436 e. The van der Waals surface area contributed by atoms with Crippen LogP contribution in [0, 0.1) is 13.8 Å². The van der Waals surface area contributed by atoms with Gasteiger partial charge in [-0.15, -0.1) is 11.3 Å². The average molecular weight is 562 g/mol. The zero-order chi connectivity index (χ0) is 26.8. The number of aromatic nitrogens is 4. The quantitative estimate of drug-likeness (QED) is 0.351. The third-order valence-electron chi connectivity index (χ3n) is 5.08. The number of sulfonamides is 1. The van der Waals surface area contributed by atoms with Gasteiger partial charge in [0.2, 0.25) is 21.9 Å². The molecule has 0 aliphatic carbocycles. The number of piperidine rings is 1. The minimum atomic E-state index is -4.89. The number of halogens is 4. The lowest BCUT2D eigenvalue weighted by Gasteiger charge is -2.26. The van der Waals surface area contributed by atoms with E-state index >= 15 is 0 Å². The van der Waals surface area contributed by atoms with Gasteiger partial charge in [0.25, 0.3) is 0 Å². The van der Waals surface area contributed by atoms with Gasteiger partial charge < -0.3 is 15.4 Å². The lowest BCUT2D eigenvalue weighted by molar-refractivity contribution is -0.106. The van der Waals surface area contributed by atoms with E-state index in [1.807, 2.05) is 4.72 Å². The molecular formula is C21H23F4N7O3S2. The van der Waals surface area contributed by atoms with E-state index in [1.165, 1.54) is 30.4 Å². The molecule has 10 nitrogen and oxygen atoms in total. The summed E-state index contributed by atoms with van der Waals surface area (Å²) < 4.78 is 82.3. The van der Waals surface area contributed by atoms with Crippen molar-refractivity contribution in [2.75, 3.05) is 28.9 Å². The standard InChI is InChI=1S/C21H23F4N7O3S2/c1-11-16(3-4-17(28-11)32-37(33,34)10-21(23,24)25)35-19-18(36-12(2)29-19)15-5-6-27-20(31-15)30-14-7-13(22)8-26-9-14/h3-6,13-14,26H,7-10H2,1-2H3,(H,28,32)(H,27,30,31)/t13-,14-/m0/s1. The van der Waals surface area contributed by atoms with Crippen molar-refractivity contribution in [2.45, 2.75) is 38.7 Å². The van der Waals surface area contributed by atoms with Crippen LogP contribution in [0.5, 0.6) is 11.6 Å². The molecule has 1 saturated heterocycles. The highest BCUT2D eigenvalue weighted by molar-refractivity contribution is 7.92. The van der Waals surface area contributed by atoms with Gasteiger partial charge >= 0.3 is 6.18 Å². The van der Waals surface area contributed by atoms with E-state index < -0.39 is 28.1 Å². The molecule has 1 fully saturated rings. The summed E-state index contributed by atoms with van der Waals surface area (Å²) in [5.41, 5.74) is 0.736. The summed E-state index contributed by atoms with van der Waals surface area (Å²) in [6, 6.07) is 4.07. The predicted octanol–water partition coefficient (Wildman–Crippen LogP) is 3.82. The Hall–Kier alpha value is -3.11. The van der Waals surface area contributed by atoms with Crippen molar-refractivity contribution < 1.29 is 30.7 Å². The van der Waals surface area contributed by atoms with E-state index in [0.717, 1.165) is 0 Å². The SMILES string of the molecule is Cc1nc(Oc2ccc(NS(=O)(=O)CC(F)(F)F)nc2C)c(-c2ccnc(N[C@@H]3CNC[C@@H](F)C3)n2)s1. The molecule has 16 heteroatoms. The number of anilines is 2. The van der Waals surface area contributed by atoms with Crippen molar-refractivity contribution in [2.24, 2.45) is 0 Å². The molecule has 0 radical (unpaired) electrons. The molecule has 1 aliphatic heterocycles. The molecule has 37 heavy (non-hydrogen) atoms. The van der Waals surface area contributed by atoms with Crippen molar-refractivity contribution >= 4 is 33.1 Å². The first-order valence-corrected chi connectivity index (χ1v) is 13.5. The Morgan fingerprint density at radius 3 is 2.65 bits per heavy atom. The number of alkyl halides is 4. The van der Waals surface area contributed by atoms with Gasteiger partial charge in [-0.25, -0.2) is 32.7 Å². The average Bonchev–Trinajstić information content (AvgIpc) is 3.14. The van der Waals surface area contributed by atoms with Crippen LogP contribution in [0.3, 0.4) is 0 Å². The van der Waals surface area contributed by atoms with Crippen LogP contribution < -0.4 is 20.1 Å². The maximum Gasteiger partial charge on any atom is 0.404 e. The van der Waals surface area contributed by atoms with Crippen molar-refractivity contribution in [1.82, 2.24) is 25.3 Å². The van der Waals surface area contributed by atoms with Gasteiger partial charge in [-0.2, -0.15) is 13.2 Å². The molecule has 0 saturated carbocycles. The Bertz CT molecular complexity index is 1370. The van der Waals surface area contributed by atoms with E-state index in [-0.39, 0.29) is 29.2 Å². The number of thiazole rings is 1. The molecule has 0 amide bonds. The van der Waals surface area contributed by atoms with Crippen LogP contribution in [0.15, 0.2) is 24.4 Å². The smallest absolute Gasteiger partial charge is 0.404 e. The molecule has 0 unspecified atom stereocenters. The summed E-state index contributed by atoms with van der Waals surface area (Å²) in [6.07, 6.45) is -3.95. The number of ether oxygens (including phenoxy) is 1. The van der Waals surface area contributed by atoms with Crippen molar-refractivity contribution in [1.29, 1.82) is 0 Å². The lowest BCUT2D eigenvalue weighted by Crippen LogP contribution is -2.44. The number of rotatable bonds is 8. The Labute approximate surface area is 214 Å². The fraction of sp³-hybridized carbons (Fsp3) is 0.429. The van der Waals surface area contributed by atoms with Crippen LogP contribution in [0.4, 0.5) is 29.3 Å². The molecule has 4 heterocycles. The number of hydrogen-bond acceptors (Lipinski definition) is 10. The highest BCUT2D eigenvalue weighted by Gasteiger charge is 2.35. The van der Waals surface area contributed by atoms with Crippen LogP contribution >= 0.6 is 11.3 Å². The summed E-state index contributed by atoms with van der Waals surface area (Å²) in [4.78, 5) is 17.7. The number of hydrogen-bond donors (Lipinski definition) is 3. The second kappa shape index (κ2) is 10.7. The number of aryl methyl sites for hydroxylation is 2. The monoisotopic (exact) mass is 561 g/mol. The largest absolute Gasteiger partial charge is 0.436 e.